The first-order chi connectivity index (χ1) is 13.1. The van der Waals surface area contributed by atoms with Crippen LogP contribution in [0.1, 0.15) is 23.2 Å². The molecule has 1 aliphatic rings. The summed E-state index contributed by atoms with van der Waals surface area (Å²) >= 11 is 0. The number of carbonyl (C=O) groups excluding carboxylic acids is 2. The van der Waals surface area contributed by atoms with Crippen molar-refractivity contribution in [3.8, 4) is 11.5 Å². The summed E-state index contributed by atoms with van der Waals surface area (Å²) in [5, 5.41) is 11.8. The van der Waals surface area contributed by atoms with Crippen molar-refractivity contribution in [2.75, 3.05) is 25.1 Å². The number of phenols is 1. The number of carbonyl (C=O) groups is 2. The van der Waals surface area contributed by atoms with Gasteiger partial charge in [0.2, 0.25) is 0 Å². The van der Waals surface area contributed by atoms with Gasteiger partial charge < -0.3 is 24.6 Å². The minimum absolute atomic E-state index is 0.0996. The van der Waals surface area contributed by atoms with Crippen LogP contribution in [0.2, 0.25) is 0 Å². The van der Waals surface area contributed by atoms with Crippen LogP contribution in [-0.2, 0) is 14.3 Å². The summed E-state index contributed by atoms with van der Waals surface area (Å²) in [7, 11) is 0. The van der Waals surface area contributed by atoms with Gasteiger partial charge in [-0.1, -0.05) is 0 Å². The number of aromatic hydroxyl groups is 1. The molecule has 2 N–H and O–H groups in total. The van der Waals surface area contributed by atoms with Gasteiger partial charge in [0, 0.05) is 12.3 Å². The molecule has 0 aliphatic carbocycles. The second kappa shape index (κ2) is 9.05. The molecule has 1 aliphatic heterocycles. The summed E-state index contributed by atoms with van der Waals surface area (Å²) in [4.78, 5) is 23.8. The number of phenolic OH excluding ortho intramolecular Hbond substituents is 1. The highest BCUT2D eigenvalue weighted by Crippen LogP contribution is 2.17. The van der Waals surface area contributed by atoms with Gasteiger partial charge in [-0.3, -0.25) is 4.79 Å². The van der Waals surface area contributed by atoms with Crippen LogP contribution < -0.4 is 10.1 Å². The fourth-order valence-corrected chi connectivity index (χ4v) is 2.61. The van der Waals surface area contributed by atoms with Crippen molar-refractivity contribution in [2.45, 2.75) is 18.9 Å². The van der Waals surface area contributed by atoms with Crippen molar-refractivity contribution in [1.29, 1.82) is 0 Å². The number of hydrogen-bond acceptors (Lipinski definition) is 6. The Balaban J connectivity index is 1.43. The molecule has 0 aromatic heterocycles. The maximum atomic E-state index is 12.0. The summed E-state index contributed by atoms with van der Waals surface area (Å²) in [6.45, 7) is 0.858. The maximum Gasteiger partial charge on any atom is 0.338 e. The Morgan fingerprint density at radius 1 is 1.11 bits per heavy atom. The normalized spacial score (nSPS) is 15.9. The van der Waals surface area contributed by atoms with Crippen LogP contribution in [0.25, 0.3) is 0 Å². The van der Waals surface area contributed by atoms with Crippen LogP contribution >= 0.6 is 0 Å². The van der Waals surface area contributed by atoms with Crippen molar-refractivity contribution >= 4 is 17.6 Å². The number of ether oxygens (including phenoxy) is 3. The molecule has 2 aromatic rings. The molecule has 1 saturated heterocycles. The van der Waals surface area contributed by atoms with Crippen LogP contribution in [0.5, 0.6) is 11.5 Å². The van der Waals surface area contributed by atoms with Crippen LogP contribution in [0, 0.1) is 0 Å². The lowest BCUT2D eigenvalue weighted by Gasteiger charge is -2.11. The molecule has 0 saturated carbocycles. The van der Waals surface area contributed by atoms with E-state index >= 15 is 0 Å². The fraction of sp³-hybridized carbons (Fsp3) is 0.300. The lowest BCUT2D eigenvalue weighted by molar-refractivity contribution is -0.119. The van der Waals surface area contributed by atoms with Gasteiger partial charge in [0.25, 0.3) is 5.91 Å². The molecule has 1 unspecified atom stereocenters. The standard InChI is InChI=1S/C20H21NO6/c22-16-7-5-15(6-8-16)21-19(23)13-27-20(24)14-3-9-17(10-4-14)26-12-18-2-1-11-25-18/h3-10,18,22H,1-2,11-13H2,(H,21,23). The fourth-order valence-electron chi connectivity index (χ4n) is 2.61. The zero-order valence-corrected chi connectivity index (χ0v) is 14.7. The van der Waals surface area contributed by atoms with E-state index in [1.807, 2.05) is 0 Å². The van der Waals surface area contributed by atoms with Crippen molar-refractivity contribution in [1.82, 2.24) is 0 Å². The van der Waals surface area contributed by atoms with Gasteiger partial charge in [0.05, 0.1) is 11.7 Å². The molecule has 1 heterocycles. The van der Waals surface area contributed by atoms with Gasteiger partial charge in [-0.2, -0.15) is 0 Å². The molecule has 3 rings (SSSR count). The first-order valence-corrected chi connectivity index (χ1v) is 8.70. The van der Waals surface area contributed by atoms with Crippen molar-refractivity contribution in [2.24, 2.45) is 0 Å². The molecule has 27 heavy (non-hydrogen) atoms. The van der Waals surface area contributed by atoms with Gasteiger partial charge in [0.1, 0.15) is 18.1 Å². The van der Waals surface area contributed by atoms with E-state index in [4.69, 9.17) is 14.2 Å². The van der Waals surface area contributed by atoms with E-state index in [0.29, 0.717) is 23.6 Å². The van der Waals surface area contributed by atoms with Crippen molar-refractivity contribution in [3.05, 3.63) is 54.1 Å². The monoisotopic (exact) mass is 371 g/mol. The third kappa shape index (κ3) is 5.72. The van der Waals surface area contributed by atoms with Crippen LogP contribution in [0.4, 0.5) is 5.69 Å². The number of amides is 1. The van der Waals surface area contributed by atoms with E-state index < -0.39 is 18.5 Å². The number of esters is 1. The number of benzene rings is 2. The predicted octanol–water partition coefficient (Wildman–Crippen LogP) is 2.75. The molecule has 7 heteroatoms. The Bertz CT molecular complexity index is 766. The lowest BCUT2D eigenvalue weighted by Crippen LogP contribution is -2.20. The zero-order chi connectivity index (χ0) is 19.1. The van der Waals surface area contributed by atoms with Crippen molar-refractivity contribution < 1.29 is 28.9 Å². The molecule has 7 nitrogen and oxygen atoms in total. The molecule has 2 aromatic carbocycles. The van der Waals surface area contributed by atoms with E-state index in [2.05, 4.69) is 5.32 Å². The van der Waals surface area contributed by atoms with E-state index in [-0.39, 0.29) is 11.9 Å². The molecule has 1 fully saturated rings. The quantitative estimate of drug-likeness (QED) is 0.574. The van der Waals surface area contributed by atoms with E-state index in [1.165, 1.54) is 12.1 Å². The number of nitrogens with one attached hydrogen (secondary N) is 1. The van der Waals surface area contributed by atoms with Gasteiger partial charge >= 0.3 is 5.97 Å². The Labute approximate surface area is 156 Å². The summed E-state index contributed by atoms with van der Waals surface area (Å²) < 4.78 is 16.1. The SMILES string of the molecule is O=C(COC(=O)c1ccc(OCC2CCCO2)cc1)Nc1ccc(O)cc1. The summed E-state index contributed by atoms with van der Waals surface area (Å²) in [5.41, 5.74) is 0.832. The summed E-state index contributed by atoms with van der Waals surface area (Å²) in [5.74, 6) is -0.318. The minimum Gasteiger partial charge on any atom is -0.508 e. The smallest absolute Gasteiger partial charge is 0.338 e. The first-order valence-electron chi connectivity index (χ1n) is 8.70. The molecule has 0 bridgehead atoms. The molecule has 0 radical (unpaired) electrons. The Kier molecular flexibility index (Phi) is 6.27. The second-order valence-electron chi connectivity index (χ2n) is 6.14. The van der Waals surface area contributed by atoms with Gasteiger partial charge in [-0.25, -0.2) is 4.79 Å². The number of anilines is 1. The minimum atomic E-state index is -0.596. The maximum absolute atomic E-state index is 12.0. The van der Waals surface area contributed by atoms with Gasteiger partial charge in [-0.15, -0.1) is 0 Å². The number of rotatable bonds is 7. The average molecular weight is 371 g/mol. The van der Waals surface area contributed by atoms with E-state index in [9.17, 15) is 14.7 Å². The average Bonchev–Trinajstić information content (AvgIpc) is 3.20. The molecular weight excluding hydrogens is 350 g/mol. The van der Waals surface area contributed by atoms with Crippen LogP contribution in [0.15, 0.2) is 48.5 Å². The second-order valence-corrected chi connectivity index (χ2v) is 6.14. The highest BCUT2D eigenvalue weighted by Gasteiger charge is 2.16. The zero-order valence-electron chi connectivity index (χ0n) is 14.7. The van der Waals surface area contributed by atoms with E-state index in [0.717, 1.165) is 19.4 Å². The Morgan fingerprint density at radius 3 is 2.52 bits per heavy atom. The first kappa shape index (κ1) is 18.7. The molecular formula is C20H21NO6. The topological polar surface area (TPSA) is 94.1 Å². The predicted molar refractivity (Wildman–Crippen MR) is 97.9 cm³/mol. The van der Waals surface area contributed by atoms with Crippen molar-refractivity contribution in [3.63, 3.8) is 0 Å². The van der Waals surface area contributed by atoms with Crippen LogP contribution in [-0.4, -0.2) is 42.9 Å². The van der Waals surface area contributed by atoms with Gasteiger partial charge in [0.15, 0.2) is 6.61 Å². The number of hydrogen-bond donors (Lipinski definition) is 2. The summed E-state index contributed by atoms with van der Waals surface area (Å²) in [6, 6.07) is 12.5. The van der Waals surface area contributed by atoms with E-state index in [1.54, 1.807) is 36.4 Å². The highest BCUT2D eigenvalue weighted by molar-refractivity contribution is 5.95. The molecule has 142 valence electrons. The third-order valence-corrected chi connectivity index (χ3v) is 4.04. The largest absolute Gasteiger partial charge is 0.508 e. The highest BCUT2D eigenvalue weighted by atomic mass is 16.5. The Morgan fingerprint density at radius 2 is 1.85 bits per heavy atom. The molecule has 0 spiro atoms. The molecule has 1 atom stereocenters. The molecule has 1 amide bonds. The summed E-state index contributed by atoms with van der Waals surface area (Å²) in [6.07, 6.45) is 2.18. The Hall–Kier alpha value is -3.06. The lowest BCUT2D eigenvalue weighted by atomic mass is 10.2. The third-order valence-electron chi connectivity index (χ3n) is 4.04. The van der Waals surface area contributed by atoms with Crippen LogP contribution in [0.3, 0.4) is 0 Å². The van der Waals surface area contributed by atoms with Gasteiger partial charge in [-0.05, 0) is 61.4 Å².